The number of anilines is 1. The number of halogens is 2. The zero-order chi connectivity index (χ0) is 24.2. The molecule has 7 N–H and O–H groups in total. The summed E-state index contributed by atoms with van der Waals surface area (Å²) in [5, 5.41) is 14.8. The summed E-state index contributed by atoms with van der Waals surface area (Å²) < 4.78 is 0. The van der Waals surface area contributed by atoms with Crippen LogP contribution in [0.25, 0.3) is 0 Å². The first kappa shape index (κ1) is 29.6. The fraction of sp³-hybridized carbons (Fsp3) is 0.333. The molecule has 2 aliphatic rings. The third kappa shape index (κ3) is 6.19. The second-order valence-corrected chi connectivity index (χ2v) is 8.34. The molecule has 194 valence electrons. The number of amidine groups is 1. The van der Waals surface area contributed by atoms with Crippen molar-refractivity contribution < 1.29 is 19.5 Å². The van der Waals surface area contributed by atoms with Crippen LogP contribution in [0.5, 0.6) is 0 Å². The van der Waals surface area contributed by atoms with Crippen molar-refractivity contribution in [3.05, 3.63) is 59.2 Å². The monoisotopic (exact) mass is 624 g/mol. The molecule has 0 unspecified atom stereocenters. The third-order valence-corrected chi connectivity index (χ3v) is 5.92. The van der Waals surface area contributed by atoms with Gasteiger partial charge in [0.25, 0.3) is 5.91 Å². The predicted molar refractivity (Wildman–Crippen MR) is 148 cm³/mol. The largest absolute Gasteiger partial charge is 0.394 e. The van der Waals surface area contributed by atoms with Crippen LogP contribution >= 0.6 is 34.0 Å². The minimum absolute atomic E-state index is 0. The van der Waals surface area contributed by atoms with E-state index in [9.17, 15) is 19.5 Å². The molecule has 0 saturated heterocycles. The van der Waals surface area contributed by atoms with E-state index >= 15 is 0 Å². The lowest BCUT2D eigenvalue weighted by atomic mass is 10.1. The van der Waals surface area contributed by atoms with Crippen LogP contribution in [-0.2, 0) is 16.1 Å². The molecule has 2 heterocycles. The van der Waals surface area contributed by atoms with Crippen LogP contribution < -0.4 is 22.1 Å². The molecule has 0 spiro atoms. The van der Waals surface area contributed by atoms with E-state index in [0.717, 1.165) is 17.5 Å². The van der Waals surface area contributed by atoms with E-state index in [0.29, 0.717) is 48.7 Å². The molecule has 0 saturated carbocycles. The van der Waals surface area contributed by atoms with Gasteiger partial charge in [-0.25, -0.2) is 4.99 Å². The second kappa shape index (κ2) is 13.1. The van der Waals surface area contributed by atoms with Gasteiger partial charge in [-0.15, -0.1) is 34.0 Å². The molecule has 0 bridgehead atoms. The zero-order valence-corrected chi connectivity index (χ0v) is 22.9. The Labute approximate surface area is 230 Å². The first-order valence-corrected chi connectivity index (χ1v) is 11.2. The molecule has 0 aliphatic carbocycles. The minimum Gasteiger partial charge on any atom is -0.394 e. The molecule has 2 atom stereocenters. The Morgan fingerprint density at radius 2 is 1.81 bits per heavy atom. The lowest BCUT2D eigenvalue weighted by Crippen LogP contribution is -2.51. The van der Waals surface area contributed by atoms with Crippen LogP contribution in [0.15, 0.2) is 47.5 Å². The Morgan fingerprint density at radius 3 is 2.50 bits per heavy atom. The Kier molecular flexibility index (Phi) is 10.7. The van der Waals surface area contributed by atoms with Crippen LogP contribution in [-0.4, -0.2) is 58.8 Å². The highest BCUT2D eigenvalue weighted by Gasteiger charge is 2.36. The normalized spacial score (nSPS) is 14.7. The first-order valence-electron chi connectivity index (χ1n) is 11.2. The van der Waals surface area contributed by atoms with Gasteiger partial charge in [-0.05, 0) is 49.2 Å². The van der Waals surface area contributed by atoms with Crippen molar-refractivity contribution in [1.29, 1.82) is 0 Å². The number of fused-ring (bicyclic) bond motifs is 4. The average molecular weight is 626 g/mol. The summed E-state index contributed by atoms with van der Waals surface area (Å²) in [5.41, 5.74) is 14.7. The van der Waals surface area contributed by atoms with Gasteiger partial charge in [-0.1, -0.05) is 24.6 Å². The number of carbonyl (C=O) groups excluding carboxylic acids is 3. The molecule has 2 aromatic carbocycles. The molecule has 2 aliphatic heterocycles. The Hall–Kier alpha value is -2.64. The van der Waals surface area contributed by atoms with Crippen LogP contribution in [0.2, 0.25) is 0 Å². The minimum atomic E-state index is -1.15. The molecular formula is C24H30Br2N6O4. The first-order chi connectivity index (χ1) is 16.4. The number of hydrogen-bond donors (Lipinski definition) is 5. The summed E-state index contributed by atoms with van der Waals surface area (Å²) in [5.74, 6) is -0.573. The summed E-state index contributed by atoms with van der Waals surface area (Å²) in [4.78, 5) is 44.0. The maximum Gasteiger partial charge on any atom is 0.260 e. The number of nitrogens with two attached hydrogens (primary N) is 2. The highest BCUT2D eigenvalue weighted by atomic mass is 79.9. The van der Waals surface area contributed by atoms with Gasteiger partial charge in [0.05, 0.1) is 30.4 Å². The van der Waals surface area contributed by atoms with Crippen molar-refractivity contribution in [1.82, 2.24) is 10.2 Å². The Bertz CT molecular complexity index is 1160. The van der Waals surface area contributed by atoms with Crippen LogP contribution in [0.3, 0.4) is 0 Å². The predicted octanol–water partition coefficient (Wildman–Crippen LogP) is 1.76. The smallest absolute Gasteiger partial charge is 0.260 e. The van der Waals surface area contributed by atoms with Gasteiger partial charge in [-0.3, -0.25) is 19.3 Å². The third-order valence-electron chi connectivity index (χ3n) is 5.92. The summed E-state index contributed by atoms with van der Waals surface area (Å²) in [6, 6.07) is 10.6. The van der Waals surface area contributed by atoms with Crippen molar-refractivity contribution in [3.63, 3.8) is 0 Å². The van der Waals surface area contributed by atoms with Crippen molar-refractivity contribution in [2.75, 3.05) is 18.5 Å². The Balaban J connectivity index is 0.00000228. The molecular weight excluding hydrogens is 596 g/mol. The van der Waals surface area contributed by atoms with Crippen molar-refractivity contribution in [2.24, 2.45) is 16.5 Å². The van der Waals surface area contributed by atoms with E-state index in [-0.39, 0.29) is 39.9 Å². The van der Waals surface area contributed by atoms with Crippen LogP contribution in [0, 0.1) is 0 Å². The molecule has 3 amide bonds. The summed E-state index contributed by atoms with van der Waals surface area (Å²) >= 11 is 0. The maximum absolute atomic E-state index is 12.8. The van der Waals surface area contributed by atoms with E-state index in [1.165, 1.54) is 0 Å². The van der Waals surface area contributed by atoms with Gasteiger partial charge >= 0.3 is 0 Å². The van der Waals surface area contributed by atoms with Crippen LogP contribution in [0.1, 0.15) is 40.7 Å². The number of amides is 3. The second-order valence-electron chi connectivity index (χ2n) is 8.34. The van der Waals surface area contributed by atoms with E-state index < -0.39 is 30.5 Å². The summed E-state index contributed by atoms with van der Waals surface area (Å²) in [6.45, 7) is 0.262. The summed E-state index contributed by atoms with van der Waals surface area (Å²) in [7, 11) is 0. The topological polar surface area (TPSA) is 163 Å². The number of benzene rings is 2. The highest BCUT2D eigenvalue weighted by Crippen LogP contribution is 2.35. The molecule has 36 heavy (non-hydrogen) atoms. The van der Waals surface area contributed by atoms with E-state index in [2.05, 4.69) is 15.6 Å². The molecule has 10 nitrogen and oxygen atoms in total. The van der Waals surface area contributed by atoms with Gasteiger partial charge in [0, 0.05) is 11.3 Å². The molecule has 0 radical (unpaired) electrons. The molecule has 4 rings (SSSR count). The fourth-order valence-electron chi connectivity index (χ4n) is 4.04. The molecule has 0 aromatic heterocycles. The fourth-order valence-corrected chi connectivity index (χ4v) is 4.04. The SMILES string of the molecule is Br.Br.NCCCC[C@H](N)C(=O)N[C@H](CO)C(=O)Nc1ccc2c(c1)CN1C(=O)c3ccccc3C1=N2. The number of aliphatic imine (C=N–C) groups is 1. The van der Waals surface area contributed by atoms with Crippen LogP contribution in [0.4, 0.5) is 11.4 Å². The quantitative estimate of drug-likeness (QED) is 0.267. The van der Waals surface area contributed by atoms with Gasteiger partial charge < -0.3 is 27.2 Å². The zero-order valence-electron chi connectivity index (χ0n) is 19.5. The van der Waals surface area contributed by atoms with Gasteiger partial charge in [0.1, 0.15) is 11.9 Å². The molecule has 12 heteroatoms. The van der Waals surface area contributed by atoms with Crippen molar-refractivity contribution in [3.8, 4) is 0 Å². The van der Waals surface area contributed by atoms with Gasteiger partial charge in [-0.2, -0.15) is 0 Å². The number of hydrogen-bond acceptors (Lipinski definition) is 7. The number of nitrogens with zero attached hydrogens (tertiary/aromatic N) is 2. The number of carbonyl (C=O) groups is 3. The highest BCUT2D eigenvalue weighted by molar-refractivity contribution is 8.93. The molecule has 0 fully saturated rings. The van der Waals surface area contributed by atoms with E-state index in [1.54, 1.807) is 29.2 Å². The van der Waals surface area contributed by atoms with E-state index in [1.807, 2.05) is 18.2 Å². The number of unbranched alkanes of at least 4 members (excludes halogenated alkanes) is 1. The number of rotatable bonds is 9. The lowest BCUT2D eigenvalue weighted by Gasteiger charge is -2.24. The lowest BCUT2D eigenvalue weighted by molar-refractivity contribution is -0.128. The Morgan fingerprint density at radius 1 is 1.08 bits per heavy atom. The van der Waals surface area contributed by atoms with Crippen molar-refractivity contribution >= 4 is 68.9 Å². The average Bonchev–Trinajstić information content (AvgIpc) is 3.12. The number of aliphatic hydroxyl groups excluding tert-OH is 1. The summed E-state index contributed by atoms with van der Waals surface area (Å²) in [6.07, 6.45) is 1.89. The number of aliphatic hydroxyl groups is 1. The number of nitrogens with one attached hydrogen (secondary N) is 2. The standard InChI is InChI=1S/C24H28N6O4.2BrH/c25-10-4-3-7-18(26)22(32)29-20(13-31)23(33)27-15-8-9-19-14(11-15)12-30-21(28-19)16-5-1-2-6-17(16)24(30)34;;/h1-2,5-6,8-9,11,18,20,31H,3-4,7,10,12-13,25-26H2,(H,27,33)(H,29,32);2*1H/t18-,20+;;/m0../s1. The van der Waals surface area contributed by atoms with Crippen molar-refractivity contribution in [2.45, 2.75) is 37.9 Å². The molecule has 2 aromatic rings. The van der Waals surface area contributed by atoms with Gasteiger partial charge in [0.15, 0.2) is 0 Å². The maximum atomic E-state index is 12.8. The van der Waals surface area contributed by atoms with E-state index in [4.69, 9.17) is 11.5 Å². The van der Waals surface area contributed by atoms with Gasteiger partial charge in [0.2, 0.25) is 11.8 Å².